The molecule has 0 amide bonds. The van der Waals surface area contributed by atoms with Crippen LogP contribution in [0.5, 0.6) is 0 Å². The molecule has 92 valence electrons. The van der Waals surface area contributed by atoms with Crippen LogP contribution in [-0.2, 0) is 0 Å². The Labute approximate surface area is 106 Å². The van der Waals surface area contributed by atoms with Gasteiger partial charge in [0.1, 0.15) is 0 Å². The highest BCUT2D eigenvalue weighted by Crippen LogP contribution is 2.25. The average Bonchev–Trinajstić information content (AvgIpc) is 2.39. The van der Waals surface area contributed by atoms with Gasteiger partial charge < -0.3 is 0 Å². The molecule has 0 saturated heterocycles. The first-order chi connectivity index (χ1) is 8.58. The lowest BCUT2D eigenvalue weighted by Gasteiger charge is -2.08. The minimum Gasteiger partial charge on any atom is -0.258 e. The Bertz CT molecular complexity index is 559. The van der Waals surface area contributed by atoms with Gasteiger partial charge >= 0.3 is 0 Å². The highest BCUT2D eigenvalue weighted by atomic mass is 16.6. The zero-order chi connectivity index (χ0) is 13.1. The first-order valence-corrected chi connectivity index (χ1v) is 5.92. The monoisotopic (exact) mass is 241 g/mol. The fraction of sp³-hybridized carbons (Fsp3) is 0.200. The summed E-state index contributed by atoms with van der Waals surface area (Å²) < 4.78 is 0. The van der Waals surface area contributed by atoms with Gasteiger partial charge in [-0.15, -0.1) is 0 Å². The van der Waals surface area contributed by atoms with Gasteiger partial charge in [-0.3, -0.25) is 10.1 Å². The molecular weight excluding hydrogens is 226 g/mol. The van der Waals surface area contributed by atoms with Crippen molar-refractivity contribution in [3.8, 4) is 11.1 Å². The zero-order valence-electron chi connectivity index (χ0n) is 10.5. The minimum atomic E-state index is -0.381. The normalized spacial score (nSPS) is 10.6. The van der Waals surface area contributed by atoms with E-state index in [0.717, 1.165) is 11.1 Å². The van der Waals surface area contributed by atoms with Gasteiger partial charge in [0.05, 0.1) is 4.92 Å². The Morgan fingerprint density at radius 1 is 1.00 bits per heavy atom. The van der Waals surface area contributed by atoms with Gasteiger partial charge in [0.15, 0.2) is 0 Å². The van der Waals surface area contributed by atoms with E-state index in [1.54, 1.807) is 12.1 Å². The summed E-state index contributed by atoms with van der Waals surface area (Å²) in [6.07, 6.45) is 0. The number of benzene rings is 2. The van der Waals surface area contributed by atoms with Crippen molar-refractivity contribution >= 4 is 5.69 Å². The van der Waals surface area contributed by atoms with Crippen molar-refractivity contribution in [2.75, 3.05) is 0 Å². The zero-order valence-corrected chi connectivity index (χ0v) is 10.5. The quantitative estimate of drug-likeness (QED) is 0.591. The molecule has 18 heavy (non-hydrogen) atoms. The van der Waals surface area contributed by atoms with E-state index < -0.39 is 0 Å². The summed E-state index contributed by atoms with van der Waals surface area (Å²) in [6, 6.07) is 14.9. The van der Waals surface area contributed by atoms with Crippen LogP contribution in [0.4, 0.5) is 5.69 Å². The van der Waals surface area contributed by atoms with E-state index in [1.165, 1.54) is 17.7 Å². The van der Waals surface area contributed by atoms with Crippen LogP contribution in [0, 0.1) is 10.1 Å². The Kier molecular flexibility index (Phi) is 3.42. The molecule has 3 heteroatoms. The molecule has 0 bridgehead atoms. The average molecular weight is 241 g/mol. The molecule has 0 aliphatic heterocycles. The highest BCUT2D eigenvalue weighted by Gasteiger charge is 2.06. The molecule has 3 nitrogen and oxygen atoms in total. The second kappa shape index (κ2) is 5.00. The maximum atomic E-state index is 10.6. The van der Waals surface area contributed by atoms with Crippen LogP contribution in [0.2, 0.25) is 0 Å². The van der Waals surface area contributed by atoms with Gasteiger partial charge in [0, 0.05) is 12.1 Å². The van der Waals surface area contributed by atoms with Gasteiger partial charge in [-0.05, 0) is 34.7 Å². The van der Waals surface area contributed by atoms with E-state index >= 15 is 0 Å². The third-order valence-corrected chi connectivity index (χ3v) is 2.96. The number of non-ortho nitro benzene ring substituents is 1. The molecule has 2 aromatic carbocycles. The van der Waals surface area contributed by atoms with Crippen LogP contribution < -0.4 is 0 Å². The SMILES string of the molecule is CC(C)c1cccc(-c2ccc([N+](=O)[O-])cc2)c1. The molecule has 2 aromatic rings. The van der Waals surface area contributed by atoms with E-state index in [-0.39, 0.29) is 10.6 Å². The number of rotatable bonds is 3. The van der Waals surface area contributed by atoms with Crippen molar-refractivity contribution in [1.29, 1.82) is 0 Å². The minimum absolute atomic E-state index is 0.124. The summed E-state index contributed by atoms with van der Waals surface area (Å²) >= 11 is 0. The fourth-order valence-electron chi connectivity index (χ4n) is 1.85. The van der Waals surface area contributed by atoms with Crippen molar-refractivity contribution < 1.29 is 4.92 Å². The van der Waals surface area contributed by atoms with Crippen LogP contribution >= 0.6 is 0 Å². The van der Waals surface area contributed by atoms with E-state index in [4.69, 9.17) is 0 Å². The van der Waals surface area contributed by atoms with Crippen molar-refractivity contribution in [3.63, 3.8) is 0 Å². The Morgan fingerprint density at radius 2 is 1.67 bits per heavy atom. The lowest BCUT2D eigenvalue weighted by atomic mass is 9.97. The molecule has 0 saturated carbocycles. The van der Waals surface area contributed by atoms with Crippen LogP contribution in [0.3, 0.4) is 0 Å². The lowest BCUT2D eigenvalue weighted by Crippen LogP contribution is -1.89. The van der Waals surface area contributed by atoms with E-state index in [1.807, 2.05) is 12.1 Å². The first kappa shape index (κ1) is 12.3. The van der Waals surface area contributed by atoms with Crippen molar-refractivity contribution in [3.05, 3.63) is 64.2 Å². The summed E-state index contributed by atoms with van der Waals surface area (Å²) in [6.45, 7) is 4.30. The maximum Gasteiger partial charge on any atom is 0.269 e. The number of nitrogens with zero attached hydrogens (tertiary/aromatic N) is 1. The van der Waals surface area contributed by atoms with Gasteiger partial charge in [-0.1, -0.05) is 38.1 Å². The molecular formula is C15H15NO2. The standard InChI is InChI=1S/C15H15NO2/c1-11(2)13-4-3-5-14(10-13)12-6-8-15(9-7-12)16(17)18/h3-11H,1-2H3. The third kappa shape index (κ3) is 2.56. The number of nitro groups is 1. The third-order valence-electron chi connectivity index (χ3n) is 2.96. The van der Waals surface area contributed by atoms with E-state index in [0.29, 0.717) is 5.92 Å². The van der Waals surface area contributed by atoms with Crippen LogP contribution in [0.25, 0.3) is 11.1 Å². The highest BCUT2D eigenvalue weighted by molar-refractivity contribution is 5.65. The molecule has 0 fully saturated rings. The number of nitro benzene ring substituents is 1. The van der Waals surface area contributed by atoms with Crippen molar-refractivity contribution in [2.45, 2.75) is 19.8 Å². The second-order valence-corrected chi connectivity index (χ2v) is 4.58. The molecule has 0 spiro atoms. The molecule has 0 radical (unpaired) electrons. The van der Waals surface area contributed by atoms with E-state index in [9.17, 15) is 10.1 Å². The maximum absolute atomic E-state index is 10.6. The molecule has 0 atom stereocenters. The molecule has 0 N–H and O–H groups in total. The predicted octanol–water partition coefficient (Wildman–Crippen LogP) is 4.39. The van der Waals surface area contributed by atoms with Crippen LogP contribution in [0.1, 0.15) is 25.3 Å². The van der Waals surface area contributed by atoms with Gasteiger partial charge in [-0.25, -0.2) is 0 Å². The van der Waals surface area contributed by atoms with Gasteiger partial charge in [-0.2, -0.15) is 0 Å². The molecule has 2 rings (SSSR count). The Morgan fingerprint density at radius 3 is 2.22 bits per heavy atom. The van der Waals surface area contributed by atoms with Gasteiger partial charge in [0.25, 0.3) is 5.69 Å². The van der Waals surface area contributed by atoms with Gasteiger partial charge in [0.2, 0.25) is 0 Å². The molecule has 0 heterocycles. The Hall–Kier alpha value is -2.16. The summed E-state index contributed by atoms with van der Waals surface area (Å²) in [5, 5.41) is 10.6. The van der Waals surface area contributed by atoms with E-state index in [2.05, 4.69) is 26.0 Å². The lowest BCUT2D eigenvalue weighted by molar-refractivity contribution is -0.384. The van der Waals surface area contributed by atoms with Crippen molar-refractivity contribution in [1.82, 2.24) is 0 Å². The molecule has 0 aliphatic rings. The topological polar surface area (TPSA) is 43.1 Å². The summed E-state index contributed by atoms with van der Waals surface area (Å²) in [4.78, 5) is 10.2. The predicted molar refractivity (Wildman–Crippen MR) is 72.6 cm³/mol. The smallest absolute Gasteiger partial charge is 0.258 e. The Balaban J connectivity index is 2.36. The molecule has 0 aliphatic carbocycles. The number of hydrogen-bond donors (Lipinski definition) is 0. The summed E-state index contributed by atoms with van der Waals surface area (Å²) in [7, 11) is 0. The fourth-order valence-corrected chi connectivity index (χ4v) is 1.85. The number of hydrogen-bond acceptors (Lipinski definition) is 2. The second-order valence-electron chi connectivity index (χ2n) is 4.58. The molecule has 0 aromatic heterocycles. The molecule has 0 unspecified atom stereocenters. The van der Waals surface area contributed by atoms with Crippen molar-refractivity contribution in [2.24, 2.45) is 0 Å². The van der Waals surface area contributed by atoms with Crippen LogP contribution in [0.15, 0.2) is 48.5 Å². The van der Waals surface area contributed by atoms with Crippen LogP contribution in [-0.4, -0.2) is 4.92 Å². The summed E-state index contributed by atoms with van der Waals surface area (Å²) in [5.74, 6) is 0.475. The summed E-state index contributed by atoms with van der Waals surface area (Å²) in [5.41, 5.74) is 3.49. The first-order valence-electron chi connectivity index (χ1n) is 5.92. The largest absolute Gasteiger partial charge is 0.269 e.